The number of pyridine rings is 1. The van der Waals surface area contributed by atoms with Crippen LogP contribution in [0.4, 0.5) is 5.82 Å². The minimum absolute atomic E-state index is 0.436. The predicted molar refractivity (Wildman–Crippen MR) is 55.6 cm³/mol. The van der Waals surface area contributed by atoms with Gasteiger partial charge in [-0.15, -0.1) is 0 Å². The summed E-state index contributed by atoms with van der Waals surface area (Å²) >= 11 is 5.92. The maximum atomic E-state index is 5.92. The average Bonchev–Trinajstić information content (AvgIpc) is 2.06. The second-order valence-electron chi connectivity index (χ2n) is 3.24. The van der Waals surface area contributed by atoms with Gasteiger partial charge in [-0.1, -0.05) is 25.4 Å². The van der Waals surface area contributed by atoms with Crippen LogP contribution in [-0.2, 0) is 6.54 Å². The van der Waals surface area contributed by atoms with Crippen molar-refractivity contribution < 1.29 is 0 Å². The van der Waals surface area contributed by atoms with Gasteiger partial charge in [-0.05, 0) is 11.6 Å². The second-order valence-corrected chi connectivity index (χ2v) is 3.64. The molecule has 3 N–H and O–H groups in total. The third-order valence-electron chi connectivity index (χ3n) is 1.66. The minimum atomic E-state index is 0.436. The fourth-order valence-electron chi connectivity index (χ4n) is 0.948. The molecule has 4 heteroatoms. The molecule has 0 aliphatic carbocycles. The summed E-state index contributed by atoms with van der Waals surface area (Å²) in [5, 5.41) is 3.92. The molecular formula is C9H14ClN3. The first-order valence-electron chi connectivity index (χ1n) is 4.23. The highest BCUT2D eigenvalue weighted by atomic mass is 35.5. The Labute approximate surface area is 83.3 Å². The van der Waals surface area contributed by atoms with Gasteiger partial charge in [-0.25, -0.2) is 4.98 Å². The van der Waals surface area contributed by atoms with Crippen molar-refractivity contribution in [2.45, 2.75) is 26.4 Å². The summed E-state index contributed by atoms with van der Waals surface area (Å²) in [5.41, 5.74) is 6.53. The number of anilines is 1. The van der Waals surface area contributed by atoms with E-state index >= 15 is 0 Å². The first-order valence-corrected chi connectivity index (χ1v) is 4.60. The van der Waals surface area contributed by atoms with Crippen LogP contribution in [0.15, 0.2) is 12.3 Å². The van der Waals surface area contributed by atoms with Crippen molar-refractivity contribution in [3.63, 3.8) is 0 Å². The molecule has 0 spiro atoms. The molecule has 0 saturated heterocycles. The van der Waals surface area contributed by atoms with Crippen molar-refractivity contribution in [3.8, 4) is 0 Å². The van der Waals surface area contributed by atoms with Crippen molar-refractivity contribution in [2.75, 3.05) is 5.73 Å². The number of halogens is 1. The van der Waals surface area contributed by atoms with Gasteiger partial charge in [0.2, 0.25) is 0 Å². The van der Waals surface area contributed by atoms with Crippen LogP contribution in [0.1, 0.15) is 19.4 Å². The fourth-order valence-corrected chi connectivity index (χ4v) is 1.12. The molecule has 0 unspecified atom stereocenters. The van der Waals surface area contributed by atoms with Crippen LogP contribution >= 0.6 is 11.6 Å². The van der Waals surface area contributed by atoms with Crippen molar-refractivity contribution in [2.24, 2.45) is 0 Å². The Kier molecular flexibility index (Phi) is 3.51. The van der Waals surface area contributed by atoms with E-state index < -0.39 is 0 Å². The number of nitrogens with one attached hydrogen (secondary N) is 1. The smallest absolute Gasteiger partial charge is 0.123 e. The van der Waals surface area contributed by atoms with E-state index in [2.05, 4.69) is 24.1 Å². The van der Waals surface area contributed by atoms with E-state index in [4.69, 9.17) is 17.3 Å². The minimum Gasteiger partial charge on any atom is -0.384 e. The van der Waals surface area contributed by atoms with Crippen LogP contribution in [0.25, 0.3) is 0 Å². The van der Waals surface area contributed by atoms with E-state index in [0.717, 1.165) is 12.1 Å². The molecule has 0 bridgehead atoms. The van der Waals surface area contributed by atoms with E-state index in [-0.39, 0.29) is 0 Å². The lowest BCUT2D eigenvalue weighted by atomic mass is 10.2. The number of nitrogens with zero attached hydrogens (tertiary/aromatic N) is 1. The molecule has 1 aromatic heterocycles. The van der Waals surface area contributed by atoms with E-state index in [9.17, 15) is 0 Å². The first-order chi connectivity index (χ1) is 6.09. The number of hydrogen-bond donors (Lipinski definition) is 2. The molecule has 3 nitrogen and oxygen atoms in total. The van der Waals surface area contributed by atoms with Crippen LogP contribution in [0, 0.1) is 0 Å². The van der Waals surface area contributed by atoms with Gasteiger partial charge in [-0.3, -0.25) is 0 Å². The third-order valence-corrected chi connectivity index (χ3v) is 2.00. The number of nitrogen functional groups attached to an aromatic ring is 1. The fraction of sp³-hybridized carbons (Fsp3) is 0.444. The van der Waals surface area contributed by atoms with Crippen LogP contribution in [0.3, 0.4) is 0 Å². The van der Waals surface area contributed by atoms with Gasteiger partial charge in [0.25, 0.3) is 0 Å². The van der Waals surface area contributed by atoms with Gasteiger partial charge in [0.15, 0.2) is 0 Å². The Hall–Kier alpha value is -0.800. The highest BCUT2D eigenvalue weighted by Crippen LogP contribution is 2.16. The molecular weight excluding hydrogens is 186 g/mol. The third kappa shape index (κ3) is 3.20. The van der Waals surface area contributed by atoms with Crippen molar-refractivity contribution in [3.05, 3.63) is 22.8 Å². The van der Waals surface area contributed by atoms with Gasteiger partial charge in [0.05, 0.1) is 5.02 Å². The molecule has 72 valence electrons. The lowest BCUT2D eigenvalue weighted by Crippen LogP contribution is -2.22. The molecule has 0 fully saturated rings. The predicted octanol–water partition coefficient (Wildman–Crippen LogP) is 1.82. The zero-order valence-corrected chi connectivity index (χ0v) is 8.60. The Morgan fingerprint density at radius 2 is 2.31 bits per heavy atom. The van der Waals surface area contributed by atoms with E-state index in [1.54, 1.807) is 12.3 Å². The standard InChI is InChI=1S/C9H14ClN3/c1-6(2)12-4-7-3-9(11)13-5-8(7)10/h3,5-6,12H,4H2,1-2H3,(H2,11,13). The first kappa shape index (κ1) is 10.3. The molecule has 0 aromatic carbocycles. The van der Waals surface area contributed by atoms with Crippen molar-refractivity contribution in [1.29, 1.82) is 0 Å². The van der Waals surface area contributed by atoms with Crippen LogP contribution in [0.2, 0.25) is 5.02 Å². The number of aromatic nitrogens is 1. The van der Waals surface area contributed by atoms with Gasteiger partial charge in [0, 0.05) is 18.8 Å². The lowest BCUT2D eigenvalue weighted by molar-refractivity contribution is 0.589. The molecule has 0 radical (unpaired) electrons. The average molecular weight is 200 g/mol. The Balaban J connectivity index is 2.70. The monoisotopic (exact) mass is 199 g/mol. The highest BCUT2D eigenvalue weighted by molar-refractivity contribution is 6.31. The Morgan fingerprint density at radius 1 is 1.62 bits per heavy atom. The van der Waals surface area contributed by atoms with E-state index in [1.165, 1.54) is 0 Å². The molecule has 0 saturated carbocycles. The lowest BCUT2D eigenvalue weighted by Gasteiger charge is -2.09. The molecule has 0 aliphatic heterocycles. The Morgan fingerprint density at radius 3 is 2.92 bits per heavy atom. The van der Waals surface area contributed by atoms with E-state index in [0.29, 0.717) is 16.9 Å². The highest BCUT2D eigenvalue weighted by Gasteiger charge is 2.01. The molecule has 1 heterocycles. The second kappa shape index (κ2) is 4.44. The summed E-state index contributed by atoms with van der Waals surface area (Å²) in [5.74, 6) is 0.505. The van der Waals surface area contributed by atoms with Gasteiger partial charge >= 0.3 is 0 Å². The topological polar surface area (TPSA) is 50.9 Å². The van der Waals surface area contributed by atoms with Crippen LogP contribution < -0.4 is 11.1 Å². The summed E-state index contributed by atoms with van der Waals surface area (Å²) in [6, 6.07) is 2.23. The van der Waals surface area contributed by atoms with Crippen molar-refractivity contribution >= 4 is 17.4 Å². The van der Waals surface area contributed by atoms with Gasteiger partial charge < -0.3 is 11.1 Å². The number of rotatable bonds is 3. The van der Waals surface area contributed by atoms with Crippen LogP contribution in [0.5, 0.6) is 0 Å². The van der Waals surface area contributed by atoms with E-state index in [1.807, 2.05) is 0 Å². The van der Waals surface area contributed by atoms with Crippen LogP contribution in [-0.4, -0.2) is 11.0 Å². The molecule has 1 aromatic rings. The summed E-state index contributed by atoms with van der Waals surface area (Å²) in [6.45, 7) is 4.89. The quantitative estimate of drug-likeness (QED) is 0.781. The number of hydrogen-bond acceptors (Lipinski definition) is 3. The molecule has 0 amide bonds. The zero-order valence-electron chi connectivity index (χ0n) is 7.84. The molecule has 0 aliphatic rings. The summed E-state index contributed by atoms with van der Waals surface area (Å²) in [4.78, 5) is 3.88. The van der Waals surface area contributed by atoms with Gasteiger partial charge in [0.1, 0.15) is 5.82 Å². The van der Waals surface area contributed by atoms with Gasteiger partial charge in [-0.2, -0.15) is 0 Å². The van der Waals surface area contributed by atoms with Crippen molar-refractivity contribution in [1.82, 2.24) is 10.3 Å². The molecule has 1 rings (SSSR count). The summed E-state index contributed by atoms with van der Waals surface area (Å²) in [6.07, 6.45) is 1.58. The molecule has 0 atom stereocenters. The molecule has 13 heavy (non-hydrogen) atoms. The summed E-state index contributed by atoms with van der Waals surface area (Å²) in [7, 11) is 0. The maximum Gasteiger partial charge on any atom is 0.123 e. The largest absolute Gasteiger partial charge is 0.384 e. The normalized spacial score (nSPS) is 10.8. The number of nitrogens with two attached hydrogens (primary N) is 1. The maximum absolute atomic E-state index is 5.92. The SMILES string of the molecule is CC(C)NCc1cc(N)ncc1Cl. The Bertz CT molecular complexity index is 286. The zero-order chi connectivity index (χ0) is 9.84. The summed E-state index contributed by atoms with van der Waals surface area (Å²) < 4.78 is 0.